The van der Waals surface area contributed by atoms with Crippen LogP contribution in [0.15, 0.2) is 42.5 Å². The number of urea groups is 1. The Labute approximate surface area is 249 Å². The third-order valence-electron chi connectivity index (χ3n) is 5.95. The maximum atomic E-state index is 13.0. The van der Waals surface area contributed by atoms with Gasteiger partial charge in [-0.05, 0) is 67.9 Å². The van der Waals surface area contributed by atoms with E-state index in [1.165, 1.54) is 0 Å². The lowest BCUT2D eigenvalue weighted by Gasteiger charge is -2.31. The molecular weight excluding hydrogens is 530 g/mol. The molecule has 2 amide bonds. The van der Waals surface area contributed by atoms with E-state index >= 15 is 0 Å². The molecule has 0 heterocycles. The van der Waals surface area contributed by atoms with E-state index in [0.717, 1.165) is 36.3 Å². The third-order valence-corrected chi connectivity index (χ3v) is 5.95. The first-order valence-corrected chi connectivity index (χ1v) is 13.4. The molecule has 0 saturated heterocycles. The molecule has 2 atom stereocenters. The lowest BCUT2D eigenvalue weighted by molar-refractivity contribution is -0.146. The van der Waals surface area contributed by atoms with Crippen molar-refractivity contribution in [3.05, 3.63) is 53.6 Å². The van der Waals surface area contributed by atoms with Crippen molar-refractivity contribution in [1.29, 1.82) is 0 Å². The number of anilines is 3. The minimum atomic E-state index is -0.695. The van der Waals surface area contributed by atoms with Crippen molar-refractivity contribution < 1.29 is 19.4 Å². The van der Waals surface area contributed by atoms with Crippen molar-refractivity contribution in [2.75, 3.05) is 35.2 Å². The average Bonchev–Trinajstić information content (AvgIpc) is 2.81. The summed E-state index contributed by atoms with van der Waals surface area (Å²) in [6.07, 6.45) is 0.248. The van der Waals surface area contributed by atoms with E-state index < -0.39 is 6.10 Å². The van der Waals surface area contributed by atoms with Gasteiger partial charge in [0.25, 0.3) is 0 Å². The van der Waals surface area contributed by atoms with Crippen LogP contribution in [0.4, 0.5) is 21.9 Å². The van der Waals surface area contributed by atoms with Gasteiger partial charge in [-0.25, -0.2) is 4.79 Å². The summed E-state index contributed by atoms with van der Waals surface area (Å²) in [7, 11) is 0. The van der Waals surface area contributed by atoms with E-state index in [-0.39, 0.29) is 57.9 Å². The summed E-state index contributed by atoms with van der Waals surface area (Å²) in [6, 6.07) is 13.4. The highest BCUT2D eigenvalue weighted by Gasteiger charge is 2.21. The highest BCUT2D eigenvalue weighted by atomic mass is 32.1. The van der Waals surface area contributed by atoms with Gasteiger partial charge in [0.1, 0.15) is 6.61 Å². The molecule has 0 spiro atoms. The number of rotatable bonds is 13. The number of aliphatic hydroxyl groups excluding tert-OH is 1. The predicted molar refractivity (Wildman–Crippen MR) is 173 cm³/mol. The van der Waals surface area contributed by atoms with Crippen molar-refractivity contribution in [3.8, 4) is 0 Å². The standard InChI is InChI=1S/C30H45N3O4.2H2S/c1-8-24(16-29(35)37-19-23(7)34)25-11-14-28(33(17-20(2)3)18-21(4)5)27(15-25)32-30(36)31-26-12-9-22(6)10-13-26;;/h9-15,20-21,23-24,34H,8,16-19H2,1-7H3,(H2,31,32,36);2*1H2/t23-,24-;;/m0../s1. The van der Waals surface area contributed by atoms with E-state index in [4.69, 9.17) is 4.74 Å². The Kier molecular flexibility index (Phi) is 17.0. The molecule has 2 aromatic carbocycles. The normalized spacial score (nSPS) is 12.2. The average molecular weight is 580 g/mol. The lowest BCUT2D eigenvalue weighted by Crippen LogP contribution is -2.32. The van der Waals surface area contributed by atoms with Gasteiger partial charge in [-0.2, -0.15) is 27.0 Å². The molecule has 7 nitrogen and oxygen atoms in total. The Balaban J connectivity index is 0.00000722. The summed E-state index contributed by atoms with van der Waals surface area (Å²) >= 11 is 0. The zero-order valence-electron chi connectivity index (χ0n) is 24.5. The number of carbonyl (C=O) groups is 2. The van der Waals surface area contributed by atoms with Gasteiger partial charge in [-0.1, -0.05) is 58.4 Å². The van der Waals surface area contributed by atoms with Crippen molar-refractivity contribution in [2.45, 2.75) is 73.3 Å². The van der Waals surface area contributed by atoms with Gasteiger partial charge in [-0.15, -0.1) is 0 Å². The van der Waals surface area contributed by atoms with Gasteiger partial charge in [0.15, 0.2) is 0 Å². The van der Waals surface area contributed by atoms with Crippen LogP contribution in [-0.4, -0.2) is 42.9 Å². The Morgan fingerprint density at radius 1 is 0.923 bits per heavy atom. The first-order chi connectivity index (χ1) is 17.5. The first-order valence-electron chi connectivity index (χ1n) is 13.4. The molecule has 3 N–H and O–H groups in total. The molecule has 2 rings (SSSR count). The van der Waals surface area contributed by atoms with Crippen LogP contribution >= 0.6 is 27.0 Å². The molecule has 0 fully saturated rings. The van der Waals surface area contributed by atoms with E-state index in [9.17, 15) is 14.7 Å². The molecule has 0 bridgehead atoms. The van der Waals surface area contributed by atoms with Gasteiger partial charge in [0.05, 0.1) is 23.9 Å². The van der Waals surface area contributed by atoms with Crippen LogP contribution in [0.2, 0.25) is 0 Å². The summed E-state index contributed by atoms with van der Waals surface area (Å²) in [5.74, 6) is 0.476. The van der Waals surface area contributed by atoms with Crippen molar-refractivity contribution in [1.82, 2.24) is 0 Å². The molecule has 39 heavy (non-hydrogen) atoms. The minimum absolute atomic E-state index is 0. The molecular formula is C30H49N3O4S2. The van der Waals surface area contributed by atoms with Crippen LogP contribution in [-0.2, 0) is 9.53 Å². The van der Waals surface area contributed by atoms with E-state index in [1.54, 1.807) is 6.92 Å². The summed E-state index contributed by atoms with van der Waals surface area (Å²) in [4.78, 5) is 27.7. The summed E-state index contributed by atoms with van der Waals surface area (Å²) < 4.78 is 5.20. The smallest absolute Gasteiger partial charge is 0.323 e. The maximum absolute atomic E-state index is 13.0. The Bertz CT molecular complexity index is 1000. The predicted octanol–water partition coefficient (Wildman–Crippen LogP) is 6.79. The zero-order valence-corrected chi connectivity index (χ0v) is 26.5. The zero-order chi connectivity index (χ0) is 27.5. The molecule has 2 aromatic rings. The van der Waals surface area contributed by atoms with Crippen LogP contribution in [0.25, 0.3) is 0 Å². The van der Waals surface area contributed by atoms with Crippen LogP contribution < -0.4 is 15.5 Å². The molecule has 0 saturated carbocycles. The number of carbonyl (C=O) groups excluding carboxylic acids is 2. The SMILES string of the molecule is CC[C@@H](CC(=O)OC[C@H](C)O)c1ccc(N(CC(C)C)CC(C)C)c(NC(=O)Nc2ccc(C)cc2)c1.S.S. The quantitative estimate of drug-likeness (QED) is 0.227. The number of nitrogens with one attached hydrogen (secondary N) is 2. The number of amides is 2. The van der Waals surface area contributed by atoms with Crippen molar-refractivity contribution in [3.63, 3.8) is 0 Å². The largest absolute Gasteiger partial charge is 0.463 e. The second kappa shape index (κ2) is 18.1. The number of aliphatic hydroxyl groups is 1. The topological polar surface area (TPSA) is 90.9 Å². The number of benzene rings is 2. The van der Waals surface area contributed by atoms with Crippen molar-refractivity contribution in [2.24, 2.45) is 11.8 Å². The molecule has 0 aliphatic rings. The van der Waals surface area contributed by atoms with Gasteiger partial charge in [0, 0.05) is 18.8 Å². The Morgan fingerprint density at radius 3 is 2.03 bits per heavy atom. The summed E-state index contributed by atoms with van der Waals surface area (Å²) in [5, 5.41) is 15.4. The minimum Gasteiger partial charge on any atom is -0.463 e. The van der Waals surface area contributed by atoms with Crippen LogP contribution in [0.5, 0.6) is 0 Å². The number of esters is 1. The maximum Gasteiger partial charge on any atom is 0.323 e. The fourth-order valence-electron chi connectivity index (χ4n) is 4.23. The van der Waals surface area contributed by atoms with E-state index in [1.807, 2.05) is 56.3 Å². The summed E-state index contributed by atoms with van der Waals surface area (Å²) in [5.41, 5.74) is 4.46. The Morgan fingerprint density at radius 2 is 1.51 bits per heavy atom. The van der Waals surface area contributed by atoms with E-state index in [0.29, 0.717) is 23.2 Å². The molecule has 9 heteroatoms. The van der Waals surface area contributed by atoms with E-state index in [2.05, 4.69) is 43.2 Å². The molecule has 0 aliphatic carbocycles. The van der Waals surface area contributed by atoms with Crippen LogP contribution in [0.1, 0.15) is 71.4 Å². The number of ether oxygens (including phenoxy) is 1. The molecule has 0 aromatic heterocycles. The number of aryl methyl sites for hydroxylation is 1. The third kappa shape index (κ3) is 13.0. The second-order valence-corrected chi connectivity index (χ2v) is 10.8. The van der Waals surface area contributed by atoms with Crippen LogP contribution in [0.3, 0.4) is 0 Å². The molecule has 0 aliphatic heterocycles. The number of nitrogens with zero attached hydrogens (tertiary/aromatic N) is 1. The number of hydrogen-bond donors (Lipinski definition) is 3. The van der Waals surface area contributed by atoms with Crippen LogP contribution in [0, 0.1) is 18.8 Å². The Hall–Kier alpha value is -2.36. The first kappa shape index (κ1) is 36.6. The van der Waals surface area contributed by atoms with Gasteiger partial charge < -0.3 is 25.4 Å². The molecule has 0 radical (unpaired) electrons. The fraction of sp³-hybridized carbons (Fsp3) is 0.533. The number of hydrogen-bond acceptors (Lipinski definition) is 5. The second-order valence-electron chi connectivity index (χ2n) is 10.8. The molecule has 220 valence electrons. The van der Waals surface area contributed by atoms with Gasteiger partial charge in [-0.3, -0.25) is 4.79 Å². The monoisotopic (exact) mass is 579 g/mol. The van der Waals surface area contributed by atoms with Gasteiger partial charge in [0.2, 0.25) is 0 Å². The van der Waals surface area contributed by atoms with Crippen molar-refractivity contribution >= 4 is 56.1 Å². The highest BCUT2D eigenvalue weighted by molar-refractivity contribution is 7.59. The van der Waals surface area contributed by atoms with Gasteiger partial charge >= 0.3 is 12.0 Å². The lowest BCUT2D eigenvalue weighted by atomic mass is 9.92. The molecule has 0 unspecified atom stereocenters. The fourth-order valence-corrected chi connectivity index (χ4v) is 4.23. The highest BCUT2D eigenvalue weighted by Crippen LogP contribution is 2.34. The summed E-state index contributed by atoms with van der Waals surface area (Å²) in [6.45, 7) is 16.1.